The summed E-state index contributed by atoms with van der Waals surface area (Å²) >= 11 is 0. The van der Waals surface area contributed by atoms with Gasteiger partial charge < -0.3 is 10.4 Å². The van der Waals surface area contributed by atoms with Crippen molar-refractivity contribution in [1.82, 2.24) is 5.32 Å². The Morgan fingerprint density at radius 3 is 3.00 bits per heavy atom. The number of aliphatic hydroxyl groups excluding tert-OH is 1. The fraction of sp³-hybridized carbons (Fsp3) is 0.400. The first kappa shape index (κ1) is 6.99. The number of nitrogens with one attached hydrogen (secondary N) is 1. The first-order chi connectivity index (χ1) is 3.81. The smallest absolute Gasteiger partial charge is 0.207 e. The highest BCUT2D eigenvalue weighted by Gasteiger charge is 1.92. The summed E-state index contributed by atoms with van der Waals surface area (Å²) in [6.45, 7) is 0.125. The maximum Gasteiger partial charge on any atom is 0.207 e. The summed E-state index contributed by atoms with van der Waals surface area (Å²) in [6, 6.07) is 0. The lowest BCUT2D eigenvalue weighted by Gasteiger charge is -1.97. The summed E-state index contributed by atoms with van der Waals surface area (Å²) in [6.07, 6.45) is 4.38. The van der Waals surface area contributed by atoms with Crippen LogP contribution in [0.15, 0.2) is 0 Å². The average Bonchev–Trinajstić information content (AvgIpc) is 1.83. The molecule has 0 aliphatic carbocycles. The Morgan fingerprint density at radius 1 is 2.00 bits per heavy atom. The molecule has 3 nitrogen and oxygen atoms in total. The van der Waals surface area contributed by atoms with Crippen molar-refractivity contribution in [2.24, 2.45) is 0 Å². The predicted molar refractivity (Wildman–Crippen MR) is 28.9 cm³/mol. The molecule has 0 heterocycles. The second kappa shape index (κ2) is 4.16. The monoisotopic (exact) mass is 113 g/mol. The molecule has 1 unspecified atom stereocenters. The van der Waals surface area contributed by atoms with Crippen LogP contribution in [0.1, 0.15) is 0 Å². The van der Waals surface area contributed by atoms with E-state index in [9.17, 15) is 4.79 Å². The molecule has 0 bridgehead atoms. The standard InChI is InChI=1S/C5H7NO2/c1-2-5(8)3-6-4-7/h1,4-5,8H,3H2,(H,6,7). The largest absolute Gasteiger partial charge is 0.379 e. The number of carbonyl (C=O) groups is 1. The number of hydrogen-bond acceptors (Lipinski definition) is 2. The molecule has 0 saturated heterocycles. The Morgan fingerprint density at radius 2 is 2.62 bits per heavy atom. The van der Waals surface area contributed by atoms with Gasteiger partial charge in [0, 0.05) is 0 Å². The maximum atomic E-state index is 9.53. The van der Waals surface area contributed by atoms with Gasteiger partial charge in [-0.25, -0.2) is 0 Å². The van der Waals surface area contributed by atoms with Gasteiger partial charge in [0.05, 0.1) is 6.54 Å². The lowest BCUT2D eigenvalue weighted by Crippen LogP contribution is -2.23. The lowest BCUT2D eigenvalue weighted by molar-refractivity contribution is -0.109. The summed E-state index contributed by atoms with van der Waals surface area (Å²) in [4.78, 5) is 9.53. The Labute approximate surface area is 47.7 Å². The van der Waals surface area contributed by atoms with E-state index in [0.717, 1.165) is 0 Å². The van der Waals surface area contributed by atoms with Crippen LogP contribution < -0.4 is 5.32 Å². The molecule has 1 atom stereocenters. The highest BCUT2D eigenvalue weighted by molar-refractivity contribution is 5.46. The Kier molecular flexibility index (Phi) is 3.63. The molecular weight excluding hydrogens is 106 g/mol. The topological polar surface area (TPSA) is 49.3 Å². The average molecular weight is 113 g/mol. The minimum Gasteiger partial charge on any atom is -0.379 e. The first-order valence-corrected chi connectivity index (χ1v) is 2.12. The van der Waals surface area contributed by atoms with E-state index in [1.165, 1.54) is 0 Å². The van der Waals surface area contributed by atoms with E-state index in [-0.39, 0.29) is 6.54 Å². The first-order valence-electron chi connectivity index (χ1n) is 2.12. The van der Waals surface area contributed by atoms with Crippen molar-refractivity contribution in [2.75, 3.05) is 6.54 Å². The number of aliphatic hydroxyl groups is 1. The van der Waals surface area contributed by atoms with E-state index in [0.29, 0.717) is 6.41 Å². The molecule has 0 aromatic carbocycles. The minimum atomic E-state index is -0.861. The molecule has 2 N–H and O–H groups in total. The van der Waals surface area contributed by atoms with Gasteiger partial charge in [-0.1, -0.05) is 5.92 Å². The summed E-state index contributed by atoms with van der Waals surface area (Å²) in [5.41, 5.74) is 0. The molecule has 0 radical (unpaired) electrons. The number of hydrogen-bond donors (Lipinski definition) is 2. The van der Waals surface area contributed by atoms with Crippen molar-refractivity contribution >= 4 is 6.41 Å². The van der Waals surface area contributed by atoms with Gasteiger partial charge in [-0.15, -0.1) is 6.42 Å². The molecule has 0 spiro atoms. The molecule has 0 rings (SSSR count). The van der Waals surface area contributed by atoms with Crippen molar-refractivity contribution in [1.29, 1.82) is 0 Å². The third-order valence-corrected chi connectivity index (χ3v) is 0.587. The molecule has 1 amide bonds. The van der Waals surface area contributed by atoms with Gasteiger partial charge in [0.1, 0.15) is 6.10 Å². The van der Waals surface area contributed by atoms with Gasteiger partial charge in [-0.05, 0) is 0 Å². The van der Waals surface area contributed by atoms with Gasteiger partial charge in [-0.2, -0.15) is 0 Å². The summed E-state index contributed by atoms with van der Waals surface area (Å²) in [5.74, 6) is 2.03. The molecule has 3 heteroatoms. The van der Waals surface area contributed by atoms with E-state index < -0.39 is 6.10 Å². The van der Waals surface area contributed by atoms with E-state index in [2.05, 4.69) is 5.32 Å². The lowest BCUT2D eigenvalue weighted by atomic mass is 10.4. The second-order valence-electron chi connectivity index (χ2n) is 1.21. The van der Waals surface area contributed by atoms with Crippen LogP contribution in [0.4, 0.5) is 0 Å². The summed E-state index contributed by atoms with van der Waals surface area (Å²) in [5, 5.41) is 10.8. The van der Waals surface area contributed by atoms with Gasteiger partial charge in [0.15, 0.2) is 0 Å². The van der Waals surface area contributed by atoms with Crippen LogP contribution in [-0.2, 0) is 4.79 Å². The second-order valence-corrected chi connectivity index (χ2v) is 1.21. The Bertz CT molecular complexity index is 105. The van der Waals surface area contributed by atoms with Crippen molar-refractivity contribution in [3.8, 4) is 12.3 Å². The highest BCUT2D eigenvalue weighted by atomic mass is 16.3. The SMILES string of the molecule is C#CC(O)CNC=O. The van der Waals surface area contributed by atoms with Gasteiger partial charge in [0.25, 0.3) is 0 Å². The summed E-state index contributed by atoms with van der Waals surface area (Å²) < 4.78 is 0. The van der Waals surface area contributed by atoms with Crippen LogP contribution in [0.3, 0.4) is 0 Å². The summed E-state index contributed by atoms with van der Waals surface area (Å²) in [7, 11) is 0. The zero-order valence-electron chi connectivity index (χ0n) is 4.29. The molecule has 44 valence electrons. The number of amides is 1. The molecule has 0 fully saturated rings. The van der Waals surface area contributed by atoms with Crippen molar-refractivity contribution in [3.63, 3.8) is 0 Å². The van der Waals surface area contributed by atoms with E-state index in [1.807, 2.05) is 5.92 Å². The van der Waals surface area contributed by atoms with Crippen LogP contribution in [-0.4, -0.2) is 24.2 Å². The van der Waals surface area contributed by atoms with Crippen LogP contribution >= 0.6 is 0 Å². The van der Waals surface area contributed by atoms with Crippen LogP contribution in [0.25, 0.3) is 0 Å². The van der Waals surface area contributed by atoms with E-state index in [4.69, 9.17) is 11.5 Å². The van der Waals surface area contributed by atoms with Gasteiger partial charge in [0.2, 0.25) is 6.41 Å². The Balaban J connectivity index is 3.14. The van der Waals surface area contributed by atoms with E-state index >= 15 is 0 Å². The molecule has 0 saturated carbocycles. The van der Waals surface area contributed by atoms with Crippen LogP contribution in [0.5, 0.6) is 0 Å². The Hall–Kier alpha value is -1.01. The molecule has 8 heavy (non-hydrogen) atoms. The molecule has 0 aromatic rings. The van der Waals surface area contributed by atoms with E-state index in [1.54, 1.807) is 0 Å². The van der Waals surface area contributed by atoms with Gasteiger partial charge in [-0.3, -0.25) is 4.79 Å². The zero-order valence-corrected chi connectivity index (χ0v) is 4.29. The molecule has 0 aromatic heterocycles. The maximum absolute atomic E-state index is 9.53. The predicted octanol–water partition coefficient (Wildman–Crippen LogP) is -1.27. The third kappa shape index (κ3) is 3.19. The molecular formula is C5H7NO2. The molecule has 0 aliphatic heterocycles. The van der Waals surface area contributed by atoms with Gasteiger partial charge >= 0.3 is 0 Å². The van der Waals surface area contributed by atoms with Crippen molar-refractivity contribution < 1.29 is 9.90 Å². The number of rotatable bonds is 3. The van der Waals surface area contributed by atoms with Crippen molar-refractivity contribution in [3.05, 3.63) is 0 Å². The normalized spacial score (nSPS) is 11.5. The number of carbonyl (C=O) groups excluding carboxylic acids is 1. The van der Waals surface area contributed by atoms with Crippen molar-refractivity contribution in [2.45, 2.75) is 6.10 Å². The quantitative estimate of drug-likeness (QED) is 0.354. The number of terminal acetylenes is 1. The fourth-order valence-corrected chi connectivity index (χ4v) is 0.219. The highest BCUT2D eigenvalue weighted by Crippen LogP contribution is 1.70. The minimum absolute atomic E-state index is 0.125. The fourth-order valence-electron chi connectivity index (χ4n) is 0.219. The zero-order chi connectivity index (χ0) is 6.41. The molecule has 0 aliphatic rings. The van der Waals surface area contributed by atoms with Crippen LogP contribution in [0, 0.1) is 12.3 Å². The third-order valence-electron chi connectivity index (χ3n) is 0.587. The van der Waals surface area contributed by atoms with Crippen LogP contribution in [0.2, 0.25) is 0 Å².